The van der Waals surface area contributed by atoms with Crippen LogP contribution in [0.5, 0.6) is 0 Å². The van der Waals surface area contributed by atoms with E-state index in [-0.39, 0.29) is 0 Å². The van der Waals surface area contributed by atoms with Gasteiger partial charge in [0.1, 0.15) is 0 Å². The fourth-order valence-corrected chi connectivity index (χ4v) is 2.42. The van der Waals surface area contributed by atoms with E-state index in [1.165, 1.54) is 28.7 Å². The molecular formula is C18H16. The number of hydrogen-bond acceptors (Lipinski definition) is 0. The van der Waals surface area contributed by atoms with Gasteiger partial charge in [0, 0.05) is 0 Å². The third-order valence-electron chi connectivity index (χ3n) is 3.36. The van der Waals surface area contributed by atoms with Gasteiger partial charge in [0.25, 0.3) is 0 Å². The number of rotatable bonds is 2. The van der Waals surface area contributed by atoms with Crippen LogP contribution < -0.4 is 0 Å². The number of benzene rings is 2. The fraction of sp³-hybridized carbons (Fsp3) is 0.111. The van der Waals surface area contributed by atoms with Crippen molar-refractivity contribution in [2.45, 2.75) is 12.8 Å². The van der Waals surface area contributed by atoms with Gasteiger partial charge >= 0.3 is 0 Å². The molecule has 0 fully saturated rings. The van der Waals surface area contributed by atoms with Crippen LogP contribution in [0, 0.1) is 0 Å². The fourth-order valence-electron chi connectivity index (χ4n) is 2.42. The predicted octanol–water partition coefficient (Wildman–Crippen LogP) is 4.73. The minimum absolute atomic E-state index is 1.14. The number of fused-ring (bicyclic) bond motifs is 1. The average Bonchev–Trinajstić information content (AvgIpc) is 2.46. The van der Waals surface area contributed by atoms with Gasteiger partial charge in [0.15, 0.2) is 0 Å². The second-order valence-corrected chi connectivity index (χ2v) is 4.60. The maximum Gasteiger partial charge on any atom is -0.0155 e. The Hall–Kier alpha value is -2.08. The molecule has 18 heavy (non-hydrogen) atoms. The van der Waals surface area contributed by atoms with E-state index in [0.717, 1.165) is 6.42 Å². The molecule has 0 aromatic heterocycles. The van der Waals surface area contributed by atoms with E-state index in [1.807, 2.05) is 6.07 Å². The quantitative estimate of drug-likeness (QED) is 0.702. The Morgan fingerprint density at radius 3 is 2.44 bits per heavy atom. The van der Waals surface area contributed by atoms with E-state index in [1.54, 1.807) is 0 Å². The molecule has 0 aliphatic heterocycles. The molecule has 0 heteroatoms. The van der Waals surface area contributed by atoms with Crippen molar-refractivity contribution in [1.29, 1.82) is 0 Å². The second-order valence-electron chi connectivity index (χ2n) is 4.60. The van der Waals surface area contributed by atoms with E-state index >= 15 is 0 Å². The smallest absolute Gasteiger partial charge is 0.0155 e. The predicted molar refractivity (Wildman–Crippen MR) is 78.2 cm³/mol. The first kappa shape index (κ1) is 11.0. The number of aryl methyl sites for hydroxylation is 1. The van der Waals surface area contributed by atoms with Gasteiger partial charge in [-0.1, -0.05) is 72.8 Å². The first-order chi connectivity index (χ1) is 8.93. The molecule has 2 aromatic rings. The lowest BCUT2D eigenvalue weighted by molar-refractivity contribution is 0.980. The molecule has 1 aliphatic carbocycles. The molecule has 0 bridgehead atoms. The van der Waals surface area contributed by atoms with Gasteiger partial charge in [-0.3, -0.25) is 0 Å². The molecule has 0 heterocycles. The lowest BCUT2D eigenvalue weighted by atomic mass is 9.90. The minimum atomic E-state index is 1.14. The molecule has 0 radical (unpaired) electrons. The number of allylic oxidation sites excluding steroid dienone is 3. The zero-order chi connectivity index (χ0) is 12.2. The van der Waals surface area contributed by atoms with Gasteiger partial charge in [-0.05, 0) is 35.1 Å². The van der Waals surface area contributed by atoms with Crippen LogP contribution in [0.25, 0.3) is 11.6 Å². The van der Waals surface area contributed by atoms with Crippen molar-refractivity contribution in [3.8, 4) is 0 Å². The highest BCUT2D eigenvalue weighted by Crippen LogP contribution is 2.27. The third-order valence-corrected chi connectivity index (χ3v) is 3.36. The van der Waals surface area contributed by atoms with Crippen molar-refractivity contribution in [2.24, 2.45) is 0 Å². The molecule has 0 unspecified atom stereocenters. The highest BCUT2D eigenvalue weighted by molar-refractivity contribution is 5.81. The van der Waals surface area contributed by atoms with Crippen LogP contribution in [0.3, 0.4) is 0 Å². The standard InChI is InChI=1S/C18H16/c1-2-7-15(8-3-1)13-14-17-11-6-10-16-9-4-5-12-18(16)17/h1-5,7-9,11-14H,6,10H2. The normalized spacial score (nSPS) is 14.3. The lowest BCUT2D eigenvalue weighted by Gasteiger charge is -2.14. The molecule has 0 amide bonds. The molecule has 0 nitrogen and oxygen atoms in total. The summed E-state index contributed by atoms with van der Waals surface area (Å²) in [7, 11) is 0. The van der Waals surface area contributed by atoms with Crippen LogP contribution >= 0.6 is 0 Å². The summed E-state index contributed by atoms with van der Waals surface area (Å²) in [4.78, 5) is 0. The van der Waals surface area contributed by atoms with Crippen LogP contribution in [-0.2, 0) is 6.42 Å². The highest BCUT2D eigenvalue weighted by Gasteiger charge is 2.08. The topological polar surface area (TPSA) is 0 Å². The van der Waals surface area contributed by atoms with Gasteiger partial charge in [-0.25, -0.2) is 0 Å². The maximum atomic E-state index is 2.34. The van der Waals surface area contributed by atoms with Crippen molar-refractivity contribution in [2.75, 3.05) is 0 Å². The van der Waals surface area contributed by atoms with Gasteiger partial charge in [-0.2, -0.15) is 0 Å². The summed E-state index contributed by atoms with van der Waals surface area (Å²) < 4.78 is 0. The largest absolute Gasteiger partial charge is 0.0763 e. The van der Waals surface area contributed by atoms with Crippen molar-refractivity contribution < 1.29 is 0 Å². The van der Waals surface area contributed by atoms with Crippen LogP contribution in [0.1, 0.15) is 23.1 Å². The first-order valence-electron chi connectivity index (χ1n) is 6.45. The molecule has 0 saturated carbocycles. The lowest BCUT2D eigenvalue weighted by Crippen LogP contribution is -1.97. The Morgan fingerprint density at radius 1 is 0.778 bits per heavy atom. The van der Waals surface area contributed by atoms with Crippen LogP contribution in [0.2, 0.25) is 0 Å². The van der Waals surface area contributed by atoms with Crippen LogP contribution in [-0.4, -0.2) is 0 Å². The van der Waals surface area contributed by atoms with Crippen molar-refractivity contribution >= 4 is 11.6 Å². The minimum Gasteiger partial charge on any atom is -0.0763 e. The summed E-state index contributed by atoms with van der Waals surface area (Å²) in [5.74, 6) is 0. The zero-order valence-corrected chi connectivity index (χ0v) is 10.3. The molecule has 0 saturated heterocycles. The summed E-state index contributed by atoms with van der Waals surface area (Å²) in [6, 6.07) is 19.2. The van der Waals surface area contributed by atoms with Crippen LogP contribution in [0.15, 0.2) is 66.7 Å². The van der Waals surface area contributed by atoms with Crippen LogP contribution in [0.4, 0.5) is 0 Å². The van der Waals surface area contributed by atoms with Gasteiger partial charge < -0.3 is 0 Å². The molecule has 0 atom stereocenters. The summed E-state index contributed by atoms with van der Waals surface area (Å²) >= 11 is 0. The van der Waals surface area contributed by atoms with Gasteiger partial charge in [0.05, 0.1) is 0 Å². The van der Waals surface area contributed by atoms with E-state index in [0.29, 0.717) is 0 Å². The summed E-state index contributed by atoms with van der Waals surface area (Å²) in [5.41, 5.74) is 5.45. The van der Waals surface area contributed by atoms with E-state index in [2.05, 4.69) is 66.8 Å². The summed E-state index contributed by atoms with van der Waals surface area (Å²) in [5, 5.41) is 0. The summed E-state index contributed by atoms with van der Waals surface area (Å²) in [6.45, 7) is 0. The van der Waals surface area contributed by atoms with Crippen molar-refractivity contribution in [1.82, 2.24) is 0 Å². The Kier molecular flexibility index (Phi) is 3.10. The van der Waals surface area contributed by atoms with E-state index in [4.69, 9.17) is 0 Å². The Bertz CT molecular complexity index is 588. The Morgan fingerprint density at radius 2 is 1.56 bits per heavy atom. The van der Waals surface area contributed by atoms with Gasteiger partial charge in [0.2, 0.25) is 0 Å². The summed E-state index contributed by atoms with van der Waals surface area (Å²) in [6.07, 6.45) is 9.06. The zero-order valence-electron chi connectivity index (χ0n) is 10.3. The molecule has 3 rings (SSSR count). The van der Waals surface area contributed by atoms with E-state index in [9.17, 15) is 0 Å². The number of hydrogen-bond donors (Lipinski definition) is 0. The Balaban J connectivity index is 1.90. The molecule has 0 N–H and O–H groups in total. The molecule has 2 aromatic carbocycles. The molecule has 1 aliphatic rings. The maximum absolute atomic E-state index is 2.34. The highest BCUT2D eigenvalue weighted by atomic mass is 14.1. The molecule has 88 valence electrons. The second kappa shape index (κ2) is 5.05. The van der Waals surface area contributed by atoms with Gasteiger partial charge in [-0.15, -0.1) is 0 Å². The van der Waals surface area contributed by atoms with Crippen molar-refractivity contribution in [3.63, 3.8) is 0 Å². The van der Waals surface area contributed by atoms with E-state index < -0.39 is 0 Å². The SMILES string of the molecule is C(=Cc1ccccc1)C1=CCCc2ccccc21. The molecule has 0 spiro atoms. The Labute approximate surface area is 108 Å². The molecular weight excluding hydrogens is 216 g/mol. The average molecular weight is 232 g/mol. The van der Waals surface area contributed by atoms with Crippen molar-refractivity contribution in [3.05, 3.63) is 83.4 Å². The first-order valence-corrected chi connectivity index (χ1v) is 6.45. The monoisotopic (exact) mass is 232 g/mol. The third kappa shape index (κ3) is 2.28.